The first-order valence-corrected chi connectivity index (χ1v) is 5.87. The van der Waals surface area contributed by atoms with E-state index >= 15 is 0 Å². The third-order valence-corrected chi connectivity index (χ3v) is 2.97. The van der Waals surface area contributed by atoms with Crippen LogP contribution in [-0.4, -0.2) is 56.7 Å². The van der Waals surface area contributed by atoms with Crippen molar-refractivity contribution in [3.05, 3.63) is 0 Å². The molecule has 16 heavy (non-hydrogen) atoms. The van der Waals surface area contributed by atoms with E-state index < -0.39 is 0 Å². The van der Waals surface area contributed by atoms with Crippen molar-refractivity contribution in [3.63, 3.8) is 0 Å². The summed E-state index contributed by atoms with van der Waals surface area (Å²) in [5.74, 6) is 0.0153. The fraction of sp³-hybridized carbons (Fsp3) is 0.909. The van der Waals surface area contributed by atoms with Crippen molar-refractivity contribution < 1.29 is 9.53 Å². The van der Waals surface area contributed by atoms with Gasteiger partial charge in [0.05, 0.1) is 12.5 Å². The number of methoxy groups -OCH3 is 1. The van der Waals surface area contributed by atoms with Crippen LogP contribution in [0.25, 0.3) is 0 Å². The van der Waals surface area contributed by atoms with Gasteiger partial charge in [-0.1, -0.05) is 0 Å². The largest absolute Gasteiger partial charge is 0.380 e. The van der Waals surface area contributed by atoms with E-state index in [0.717, 1.165) is 12.6 Å². The number of ether oxygens (including phenoxy) is 1. The molecule has 1 unspecified atom stereocenters. The zero-order valence-electron chi connectivity index (χ0n) is 10.2. The fourth-order valence-corrected chi connectivity index (χ4v) is 1.61. The lowest BCUT2D eigenvalue weighted by Gasteiger charge is -2.17. The van der Waals surface area contributed by atoms with Gasteiger partial charge in [0.25, 0.3) is 0 Å². The summed E-state index contributed by atoms with van der Waals surface area (Å²) in [6, 6.07) is 0.743. The number of carbonyl (C=O) groups is 1. The van der Waals surface area contributed by atoms with Crippen molar-refractivity contribution in [2.45, 2.75) is 31.4 Å². The third-order valence-electron chi connectivity index (χ3n) is 2.97. The molecule has 0 spiro atoms. The van der Waals surface area contributed by atoms with Gasteiger partial charge in [-0.15, -0.1) is 0 Å². The number of nitrogens with two attached hydrogens (primary N) is 1. The Labute approximate surface area is 97.3 Å². The summed E-state index contributed by atoms with van der Waals surface area (Å²) in [4.78, 5) is 13.8. The smallest absolute Gasteiger partial charge is 0.222 e. The molecule has 1 atom stereocenters. The second kappa shape index (κ2) is 6.83. The van der Waals surface area contributed by atoms with E-state index in [1.165, 1.54) is 12.8 Å². The standard InChI is InChI=1S/C11H23N3O2/c1-14(9-3-4-9)6-5-13-11(15)7-10(8-12)16-2/h9-10H,3-8,12H2,1-2H3,(H,13,15). The van der Waals surface area contributed by atoms with E-state index in [1.807, 2.05) is 0 Å². The summed E-state index contributed by atoms with van der Waals surface area (Å²) < 4.78 is 5.05. The topological polar surface area (TPSA) is 67.6 Å². The van der Waals surface area contributed by atoms with Crippen LogP contribution in [0.5, 0.6) is 0 Å². The van der Waals surface area contributed by atoms with Gasteiger partial charge in [0.1, 0.15) is 0 Å². The Morgan fingerprint density at radius 1 is 1.62 bits per heavy atom. The zero-order valence-corrected chi connectivity index (χ0v) is 10.2. The predicted octanol–water partition coefficient (Wildman–Crippen LogP) is -0.439. The van der Waals surface area contributed by atoms with E-state index in [1.54, 1.807) is 7.11 Å². The Balaban J connectivity index is 2.04. The Bertz CT molecular complexity index is 215. The predicted molar refractivity (Wildman–Crippen MR) is 63.1 cm³/mol. The van der Waals surface area contributed by atoms with Crippen LogP contribution in [0.2, 0.25) is 0 Å². The van der Waals surface area contributed by atoms with Crippen LogP contribution < -0.4 is 11.1 Å². The molecule has 0 aromatic rings. The molecular formula is C11H23N3O2. The first kappa shape index (κ1) is 13.4. The molecule has 1 aliphatic carbocycles. The highest BCUT2D eigenvalue weighted by Crippen LogP contribution is 2.24. The van der Waals surface area contributed by atoms with Crippen LogP contribution in [0.1, 0.15) is 19.3 Å². The van der Waals surface area contributed by atoms with E-state index in [0.29, 0.717) is 19.5 Å². The molecule has 1 aliphatic rings. The number of rotatable bonds is 8. The molecule has 0 aromatic heterocycles. The molecule has 1 amide bonds. The maximum atomic E-state index is 11.5. The second-order valence-corrected chi connectivity index (χ2v) is 4.36. The molecule has 0 heterocycles. The van der Waals surface area contributed by atoms with Crippen molar-refractivity contribution in [1.29, 1.82) is 0 Å². The number of nitrogens with zero attached hydrogens (tertiary/aromatic N) is 1. The van der Waals surface area contributed by atoms with Crippen molar-refractivity contribution >= 4 is 5.91 Å². The summed E-state index contributed by atoms with van der Waals surface area (Å²) >= 11 is 0. The Kier molecular flexibility index (Phi) is 5.73. The van der Waals surface area contributed by atoms with Crippen molar-refractivity contribution in [3.8, 4) is 0 Å². The van der Waals surface area contributed by atoms with Crippen LogP contribution in [0.15, 0.2) is 0 Å². The Morgan fingerprint density at radius 2 is 2.31 bits per heavy atom. The minimum Gasteiger partial charge on any atom is -0.380 e. The van der Waals surface area contributed by atoms with Gasteiger partial charge >= 0.3 is 0 Å². The molecule has 0 saturated heterocycles. The van der Waals surface area contributed by atoms with Gasteiger partial charge in [0.2, 0.25) is 5.91 Å². The average molecular weight is 229 g/mol. The van der Waals surface area contributed by atoms with Crippen molar-refractivity contribution in [2.75, 3.05) is 33.8 Å². The molecule has 1 rings (SSSR count). The summed E-state index contributed by atoms with van der Waals surface area (Å²) in [7, 11) is 3.67. The van der Waals surface area contributed by atoms with E-state index in [9.17, 15) is 4.79 Å². The fourth-order valence-electron chi connectivity index (χ4n) is 1.61. The van der Waals surface area contributed by atoms with Crippen LogP contribution in [-0.2, 0) is 9.53 Å². The molecule has 5 nitrogen and oxygen atoms in total. The molecule has 1 fully saturated rings. The molecule has 0 radical (unpaired) electrons. The number of hydrogen-bond acceptors (Lipinski definition) is 4. The third kappa shape index (κ3) is 4.92. The maximum absolute atomic E-state index is 11.5. The molecule has 94 valence electrons. The highest BCUT2D eigenvalue weighted by Gasteiger charge is 2.25. The molecule has 5 heteroatoms. The van der Waals surface area contributed by atoms with Gasteiger partial charge in [-0.3, -0.25) is 4.79 Å². The molecule has 3 N–H and O–H groups in total. The number of hydrogen-bond donors (Lipinski definition) is 2. The lowest BCUT2D eigenvalue weighted by atomic mass is 10.2. The van der Waals surface area contributed by atoms with Gasteiger partial charge in [0, 0.05) is 32.8 Å². The summed E-state index contributed by atoms with van der Waals surface area (Å²) in [5, 5.41) is 2.88. The molecule has 0 aromatic carbocycles. The van der Waals surface area contributed by atoms with Crippen molar-refractivity contribution in [2.24, 2.45) is 5.73 Å². The van der Waals surface area contributed by atoms with Crippen LogP contribution in [0.4, 0.5) is 0 Å². The first-order valence-electron chi connectivity index (χ1n) is 5.87. The maximum Gasteiger partial charge on any atom is 0.222 e. The Hall–Kier alpha value is -0.650. The zero-order chi connectivity index (χ0) is 12.0. The van der Waals surface area contributed by atoms with Gasteiger partial charge in [0.15, 0.2) is 0 Å². The lowest BCUT2D eigenvalue weighted by molar-refractivity contribution is -0.123. The molecule has 0 aliphatic heterocycles. The van der Waals surface area contributed by atoms with E-state index in [2.05, 4.69) is 17.3 Å². The van der Waals surface area contributed by atoms with Gasteiger partial charge < -0.3 is 20.7 Å². The SMILES string of the molecule is COC(CN)CC(=O)NCCN(C)C1CC1. The number of nitrogens with one attached hydrogen (secondary N) is 1. The number of likely N-dealkylation sites (N-methyl/N-ethyl adjacent to an activating group) is 1. The highest BCUT2D eigenvalue weighted by molar-refractivity contribution is 5.76. The quantitative estimate of drug-likeness (QED) is 0.592. The number of amides is 1. The van der Waals surface area contributed by atoms with Crippen molar-refractivity contribution in [1.82, 2.24) is 10.2 Å². The normalized spacial score (nSPS) is 17.5. The summed E-state index contributed by atoms with van der Waals surface area (Å²) in [6.07, 6.45) is 2.77. The van der Waals surface area contributed by atoms with Gasteiger partial charge in [-0.05, 0) is 19.9 Å². The number of carbonyl (C=O) groups excluding carboxylic acids is 1. The van der Waals surface area contributed by atoms with Crippen LogP contribution in [0.3, 0.4) is 0 Å². The van der Waals surface area contributed by atoms with Crippen LogP contribution >= 0.6 is 0 Å². The molecule has 1 saturated carbocycles. The Morgan fingerprint density at radius 3 is 2.81 bits per heavy atom. The molecular weight excluding hydrogens is 206 g/mol. The first-order chi connectivity index (χ1) is 7.67. The lowest BCUT2D eigenvalue weighted by Crippen LogP contribution is -2.36. The summed E-state index contributed by atoms with van der Waals surface area (Å²) in [6.45, 7) is 2.00. The highest BCUT2D eigenvalue weighted by atomic mass is 16.5. The minimum absolute atomic E-state index is 0.0153. The van der Waals surface area contributed by atoms with Gasteiger partial charge in [-0.2, -0.15) is 0 Å². The van der Waals surface area contributed by atoms with Gasteiger partial charge in [-0.25, -0.2) is 0 Å². The second-order valence-electron chi connectivity index (χ2n) is 4.36. The van der Waals surface area contributed by atoms with E-state index in [-0.39, 0.29) is 12.0 Å². The van der Waals surface area contributed by atoms with Crippen LogP contribution in [0, 0.1) is 0 Å². The average Bonchev–Trinajstić information content (AvgIpc) is 3.09. The van der Waals surface area contributed by atoms with E-state index in [4.69, 9.17) is 10.5 Å². The minimum atomic E-state index is -0.166. The monoisotopic (exact) mass is 229 g/mol. The summed E-state index contributed by atoms with van der Waals surface area (Å²) in [5.41, 5.74) is 5.44. The molecule has 0 bridgehead atoms.